The lowest BCUT2D eigenvalue weighted by molar-refractivity contribution is 0.581. The van der Waals surface area contributed by atoms with Crippen LogP contribution in [0.25, 0.3) is 0 Å². The summed E-state index contributed by atoms with van der Waals surface area (Å²) in [6.45, 7) is 2.70. The van der Waals surface area contributed by atoms with Gasteiger partial charge in [-0.05, 0) is 41.1 Å². The second kappa shape index (κ2) is 5.97. The molecule has 1 aromatic heterocycles. The van der Waals surface area contributed by atoms with Crippen LogP contribution in [0, 0.1) is 11.6 Å². The fraction of sp³-hybridized carbons (Fsp3) is 0.154. The van der Waals surface area contributed by atoms with Gasteiger partial charge in [-0.1, -0.05) is 6.07 Å². The molecule has 19 heavy (non-hydrogen) atoms. The number of benzene rings is 1. The number of nitrogens with one attached hydrogen (secondary N) is 2. The van der Waals surface area contributed by atoms with Crippen LogP contribution >= 0.6 is 15.9 Å². The molecule has 2 aromatic rings. The van der Waals surface area contributed by atoms with E-state index in [2.05, 4.69) is 31.5 Å². The molecule has 1 aromatic carbocycles. The molecular formula is C13H12BrF2N3. The molecule has 0 bridgehead atoms. The summed E-state index contributed by atoms with van der Waals surface area (Å²) in [5, 5.41) is 5.87. The first-order valence-electron chi connectivity index (χ1n) is 5.72. The van der Waals surface area contributed by atoms with Gasteiger partial charge >= 0.3 is 0 Å². The lowest BCUT2D eigenvalue weighted by atomic mass is 10.3. The Morgan fingerprint density at radius 3 is 2.63 bits per heavy atom. The lowest BCUT2D eigenvalue weighted by Gasteiger charge is -2.09. The Balaban J connectivity index is 2.25. The summed E-state index contributed by atoms with van der Waals surface area (Å²) in [5.41, 5.74) is 0.162. The molecule has 0 saturated carbocycles. The number of hydrogen-bond donors (Lipinski definition) is 2. The Morgan fingerprint density at radius 2 is 1.89 bits per heavy atom. The number of hydrogen-bond acceptors (Lipinski definition) is 3. The second-order valence-corrected chi connectivity index (χ2v) is 4.66. The highest BCUT2D eigenvalue weighted by molar-refractivity contribution is 9.10. The molecule has 0 aliphatic carbocycles. The molecule has 3 nitrogen and oxygen atoms in total. The summed E-state index contributed by atoms with van der Waals surface area (Å²) in [7, 11) is 0. The fourth-order valence-electron chi connectivity index (χ4n) is 1.54. The number of anilines is 3. The maximum Gasteiger partial charge on any atom is 0.149 e. The van der Waals surface area contributed by atoms with Gasteiger partial charge in [0, 0.05) is 12.6 Å². The van der Waals surface area contributed by atoms with Crippen LogP contribution in [-0.2, 0) is 0 Å². The van der Waals surface area contributed by atoms with Gasteiger partial charge in [0.25, 0.3) is 0 Å². The Bertz CT molecular complexity index is 590. The van der Waals surface area contributed by atoms with Crippen LogP contribution in [0.2, 0.25) is 0 Å². The van der Waals surface area contributed by atoms with Gasteiger partial charge in [-0.25, -0.2) is 13.8 Å². The summed E-state index contributed by atoms with van der Waals surface area (Å²) in [6, 6.07) is 7.47. The van der Waals surface area contributed by atoms with Crippen molar-refractivity contribution < 1.29 is 8.78 Å². The molecule has 0 fully saturated rings. The van der Waals surface area contributed by atoms with E-state index in [0.29, 0.717) is 11.6 Å². The largest absolute Gasteiger partial charge is 0.370 e. The molecule has 0 atom stereocenters. The van der Waals surface area contributed by atoms with E-state index in [9.17, 15) is 8.78 Å². The molecule has 0 unspecified atom stereocenters. The van der Waals surface area contributed by atoms with E-state index in [4.69, 9.17) is 0 Å². The third kappa shape index (κ3) is 3.41. The number of pyridine rings is 1. The van der Waals surface area contributed by atoms with Gasteiger partial charge in [0.15, 0.2) is 0 Å². The summed E-state index contributed by atoms with van der Waals surface area (Å²) < 4.78 is 26.9. The van der Waals surface area contributed by atoms with Crippen LogP contribution in [0.5, 0.6) is 0 Å². The van der Waals surface area contributed by atoms with Crippen molar-refractivity contribution in [2.24, 2.45) is 0 Å². The lowest BCUT2D eigenvalue weighted by Crippen LogP contribution is -2.02. The van der Waals surface area contributed by atoms with Crippen molar-refractivity contribution in [1.29, 1.82) is 0 Å². The third-order valence-electron chi connectivity index (χ3n) is 2.38. The predicted octanol–water partition coefficient (Wildman–Crippen LogP) is 4.30. The fourth-order valence-corrected chi connectivity index (χ4v) is 1.88. The molecule has 100 valence electrons. The average molecular weight is 328 g/mol. The summed E-state index contributed by atoms with van der Waals surface area (Å²) in [6.07, 6.45) is 0. The van der Waals surface area contributed by atoms with Gasteiger partial charge in [0.2, 0.25) is 0 Å². The molecular weight excluding hydrogens is 316 g/mol. The van der Waals surface area contributed by atoms with Crippen LogP contribution in [0.4, 0.5) is 26.1 Å². The smallest absolute Gasteiger partial charge is 0.149 e. The van der Waals surface area contributed by atoms with Crippen molar-refractivity contribution in [2.75, 3.05) is 17.2 Å². The van der Waals surface area contributed by atoms with Gasteiger partial charge in [0.05, 0.1) is 10.2 Å². The Labute approximate surface area is 118 Å². The Hall–Kier alpha value is -1.69. The standard InChI is InChI=1S/C13H12BrF2N3/c1-2-17-12-4-3-5-13(19-12)18-11-6-8(14)9(15)7-10(11)16/h3-7H,2H2,1H3,(H2,17,18,19). The summed E-state index contributed by atoms with van der Waals surface area (Å²) in [5.74, 6) is -0.140. The highest BCUT2D eigenvalue weighted by Gasteiger charge is 2.09. The number of nitrogens with zero attached hydrogens (tertiary/aromatic N) is 1. The van der Waals surface area contributed by atoms with Crippen LogP contribution < -0.4 is 10.6 Å². The first-order chi connectivity index (χ1) is 9.10. The number of aromatic nitrogens is 1. The zero-order chi connectivity index (χ0) is 13.8. The molecule has 2 N–H and O–H groups in total. The SMILES string of the molecule is CCNc1cccc(Nc2cc(Br)c(F)cc2F)n1. The average Bonchev–Trinajstić information content (AvgIpc) is 2.37. The highest BCUT2D eigenvalue weighted by atomic mass is 79.9. The summed E-state index contributed by atoms with van der Waals surface area (Å²) in [4.78, 5) is 4.25. The normalized spacial score (nSPS) is 10.3. The van der Waals surface area contributed by atoms with E-state index >= 15 is 0 Å². The zero-order valence-electron chi connectivity index (χ0n) is 10.2. The van der Waals surface area contributed by atoms with Crippen LogP contribution in [0.15, 0.2) is 34.8 Å². The van der Waals surface area contributed by atoms with E-state index < -0.39 is 11.6 Å². The molecule has 0 radical (unpaired) electrons. The van der Waals surface area contributed by atoms with Gasteiger partial charge in [-0.15, -0.1) is 0 Å². The minimum Gasteiger partial charge on any atom is -0.370 e. The minimum atomic E-state index is -0.670. The highest BCUT2D eigenvalue weighted by Crippen LogP contribution is 2.26. The van der Waals surface area contributed by atoms with E-state index in [1.165, 1.54) is 6.07 Å². The molecule has 1 heterocycles. The van der Waals surface area contributed by atoms with Crippen molar-refractivity contribution in [3.8, 4) is 0 Å². The monoisotopic (exact) mass is 327 g/mol. The van der Waals surface area contributed by atoms with Gasteiger partial charge in [-0.3, -0.25) is 0 Å². The zero-order valence-corrected chi connectivity index (χ0v) is 11.8. The Morgan fingerprint density at radius 1 is 1.16 bits per heavy atom. The maximum atomic E-state index is 13.6. The minimum absolute atomic E-state index is 0.162. The van der Waals surface area contributed by atoms with E-state index in [1.807, 2.05) is 13.0 Å². The molecule has 0 aliphatic heterocycles. The third-order valence-corrected chi connectivity index (χ3v) is 2.99. The first kappa shape index (κ1) is 13.7. The van der Waals surface area contributed by atoms with Crippen LogP contribution in [0.3, 0.4) is 0 Å². The quantitative estimate of drug-likeness (QED) is 0.822. The van der Waals surface area contributed by atoms with Crippen LogP contribution in [0.1, 0.15) is 6.92 Å². The van der Waals surface area contributed by atoms with Crippen LogP contribution in [-0.4, -0.2) is 11.5 Å². The summed E-state index contributed by atoms with van der Waals surface area (Å²) >= 11 is 3.02. The van der Waals surface area contributed by atoms with E-state index in [-0.39, 0.29) is 10.2 Å². The number of rotatable bonds is 4. The van der Waals surface area contributed by atoms with Crippen molar-refractivity contribution >= 4 is 33.3 Å². The predicted molar refractivity (Wildman–Crippen MR) is 75.7 cm³/mol. The number of halogens is 3. The van der Waals surface area contributed by atoms with E-state index in [0.717, 1.165) is 12.6 Å². The van der Waals surface area contributed by atoms with Gasteiger partial charge < -0.3 is 10.6 Å². The molecule has 0 aliphatic rings. The van der Waals surface area contributed by atoms with Crippen molar-refractivity contribution in [2.45, 2.75) is 6.92 Å². The molecule has 0 saturated heterocycles. The van der Waals surface area contributed by atoms with E-state index in [1.54, 1.807) is 12.1 Å². The van der Waals surface area contributed by atoms with Gasteiger partial charge in [-0.2, -0.15) is 0 Å². The first-order valence-corrected chi connectivity index (χ1v) is 6.52. The van der Waals surface area contributed by atoms with Gasteiger partial charge in [0.1, 0.15) is 23.3 Å². The van der Waals surface area contributed by atoms with Crippen molar-refractivity contribution in [3.63, 3.8) is 0 Å². The Kier molecular flexibility index (Phi) is 4.31. The molecule has 0 spiro atoms. The molecule has 0 amide bonds. The molecule has 6 heteroatoms. The van der Waals surface area contributed by atoms with Crippen molar-refractivity contribution in [1.82, 2.24) is 4.98 Å². The topological polar surface area (TPSA) is 37.0 Å². The maximum absolute atomic E-state index is 13.6. The van der Waals surface area contributed by atoms with Crippen molar-refractivity contribution in [3.05, 3.63) is 46.4 Å². The molecule has 2 rings (SSSR count). The second-order valence-electron chi connectivity index (χ2n) is 3.81.